The fourth-order valence-corrected chi connectivity index (χ4v) is 3.67. The molecule has 0 unspecified atom stereocenters. The van der Waals surface area contributed by atoms with Crippen LogP contribution in [0.2, 0.25) is 0 Å². The number of hydrogen-bond donors (Lipinski definition) is 1. The third-order valence-corrected chi connectivity index (χ3v) is 5.32. The molecule has 1 aliphatic rings. The van der Waals surface area contributed by atoms with Crippen molar-refractivity contribution < 1.29 is 22.3 Å². The molecule has 9 heteroatoms. The van der Waals surface area contributed by atoms with Gasteiger partial charge in [0.25, 0.3) is 0 Å². The van der Waals surface area contributed by atoms with E-state index in [1.165, 1.54) is 6.20 Å². The first-order valence-electron chi connectivity index (χ1n) is 7.13. The van der Waals surface area contributed by atoms with Crippen molar-refractivity contribution >= 4 is 21.5 Å². The van der Waals surface area contributed by atoms with Crippen molar-refractivity contribution in [1.82, 2.24) is 14.1 Å². The topological polar surface area (TPSA) is 89.8 Å². The maximum atomic E-state index is 14.2. The zero-order valence-electron chi connectivity index (χ0n) is 12.7. The van der Waals surface area contributed by atoms with E-state index < -0.39 is 27.3 Å². The van der Waals surface area contributed by atoms with E-state index >= 15 is 0 Å². The molecule has 2 heterocycles. The minimum absolute atomic E-state index is 0.00429. The van der Waals surface area contributed by atoms with Gasteiger partial charge in [0.2, 0.25) is 15.8 Å². The molecule has 0 spiro atoms. The van der Waals surface area contributed by atoms with Crippen LogP contribution in [0.3, 0.4) is 0 Å². The first-order valence-corrected chi connectivity index (χ1v) is 8.62. The monoisotopic (exact) mass is 341 g/mol. The van der Waals surface area contributed by atoms with Crippen LogP contribution in [0, 0.1) is 5.82 Å². The number of halogens is 1. The van der Waals surface area contributed by atoms with Crippen LogP contribution < -0.4 is 4.72 Å². The van der Waals surface area contributed by atoms with Gasteiger partial charge in [0, 0.05) is 11.7 Å². The first-order chi connectivity index (χ1) is 10.8. The van der Waals surface area contributed by atoms with Gasteiger partial charge in [-0.3, -0.25) is 4.40 Å². The van der Waals surface area contributed by atoms with Gasteiger partial charge in [0.1, 0.15) is 16.2 Å². The lowest BCUT2D eigenvalue weighted by molar-refractivity contribution is 0.0511. The Kier molecular flexibility index (Phi) is 3.64. The van der Waals surface area contributed by atoms with Crippen LogP contribution in [0.15, 0.2) is 23.4 Å². The largest absolute Gasteiger partial charge is 0.460 e. The number of esters is 1. The summed E-state index contributed by atoms with van der Waals surface area (Å²) in [7, 11) is -3.89. The number of fused-ring (bicyclic) bond motifs is 1. The Morgan fingerprint density at radius 3 is 2.83 bits per heavy atom. The molecule has 0 bridgehead atoms. The molecular weight excluding hydrogens is 325 g/mol. The van der Waals surface area contributed by atoms with E-state index in [4.69, 9.17) is 4.74 Å². The summed E-state index contributed by atoms with van der Waals surface area (Å²) in [5, 5.41) is 0. The number of nitrogens with zero attached hydrogens (tertiary/aromatic N) is 2. The summed E-state index contributed by atoms with van der Waals surface area (Å²) in [6, 6.07) is 0.917. The van der Waals surface area contributed by atoms with Gasteiger partial charge in [0.15, 0.2) is 0 Å². The van der Waals surface area contributed by atoms with Crippen molar-refractivity contribution in [3.05, 3.63) is 30.1 Å². The minimum Gasteiger partial charge on any atom is -0.460 e. The molecule has 0 radical (unpaired) electrons. The molecule has 1 N–H and O–H groups in total. The van der Waals surface area contributed by atoms with Crippen LogP contribution in [-0.4, -0.2) is 35.9 Å². The highest BCUT2D eigenvalue weighted by Crippen LogP contribution is 2.36. The number of carbonyl (C=O) groups excluding carboxylic acids is 1. The van der Waals surface area contributed by atoms with E-state index in [1.807, 2.05) is 0 Å². The van der Waals surface area contributed by atoms with E-state index in [0.717, 1.165) is 29.5 Å². The average Bonchev–Trinajstić information content (AvgIpc) is 3.01. The average molecular weight is 341 g/mol. The second-order valence-corrected chi connectivity index (χ2v) is 7.43. The number of rotatable bonds is 5. The Morgan fingerprint density at radius 2 is 2.22 bits per heavy atom. The lowest BCUT2D eigenvalue weighted by Crippen LogP contribution is -2.34. The maximum Gasteiger partial charge on any atom is 0.374 e. The molecule has 3 rings (SSSR count). The number of aromatic nitrogens is 2. The Balaban J connectivity index is 2.09. The Morgan fingerprint density at radius 1 is 1.52 bits per heavy atom. The molecule has 1 saturated carbocycles. The van der Waals surface area contributed by atoms with Gasteiger partial charge in [-0.05, 0) is 32.8 Å². The first kappa shape index (κ1) is 15.9. The molecule has 2 aromatic rings. The summed E-state index contributed by atoms with van der Waals surface area (Å²) in [5.74, 6) is -1.70. The highest BCUT2D eigenvalue weighted by atomic mass is 32.2. The van der Waals surface area contributed by atoms with Gasteiger partial charge in [-0.15, -0.1) is 0 Å². The third kappa shape index (κ3) is 2.93. The quantitative estimate of drug-likeness (QED) is 0.832. The van der Waals surface area contributed by atoms with Crippen molar-refractivity contribution in [3.63, 3.8) is 0 Å². The maximum absolute atomic E-state index is 14.2. The van der Waals surface area contributed by atoms with Gasteiger partial charge in [-0.1, -0.05) is 0 Å². The summed E-state index contributed by atoms with van der Waals surface area (Å²) in [6.45, 7) is 3.54. The normalized spacial score (nSPS) is 16.5. The zero-order chi connectivity index (χ0) is 16.8. The second-order valence-electron chi connectivity index (χ2n) is 5.75. The standard InChI is InChI=1S/C14H16FN3O4S/c1-3-22-13(19)12-16-7-11-10(15)6-9(8-18(11)12)23(20,21)17-14(2)4-5-14/h6-8,17H,3-5H2,1-2H3. The third-order valence-electron chi connectivity index (χ3n) is 3.72. The van der Waals surface area contributed by atoms with Crippen LogP contribution in [0.5, 0.6) is 0 Å². The Bertz CT molecular complexity index is 887. The lowest BCUT2D eigenvalue weighted by Gasteiger charge is -2.13. The summed E-state index contributed by atoms with van der Waals surface area (Å²) in [5.41, 5.74) is -0.479. The van der Waals surface area contributed by atoms with E-state index in [9.17, 15) is 17.6 Å². The van der Waals surface area contributed by atoms with Gasteiger partial charge in [0.05, 0.1) is 12.8 Å². The Labute approximate surface area is 132 Å². The number of nitrogens with one attached hydrogen (secondary N) is 1. The molecular formula is C14H16FN3O4S. The summed E-state index contributed by atoms with van der Waals surface area (Å²) >= 11 is 0. The zero-order valence-corrected chi connectivity index (χ0v) is 13.5. The Hall–Kier alpha value is -2.00. The van der Waals surface area contributed by atoms with Gasteiger partial charge < -0.3 is 4.74 Å². The van der Waals surface area contributed by atoms with Gasteiger partial charge in [-0.25, -0.2) is 27.3 Å². The smallest absolute Gasteiger partial charge is 0.374 e. The molecule has 1 fully saturated rings. The van der Waals surface area contributed by atoms with Crippen LogP contribution >= 0.6 is 0 Å². The predicted octanol–water partition coefficient (Wildman–Crippen LogP) is 1.48. The number of ether oxygens (including phenoxy) is 1. The van der Waals surface area contributed by atoms with Crippen molar-refractivity contribution in [2.75, 3.05) is 6.61 Å². The van der Waals surface area contributed by atoms with E-state index in [2.05, 4.69) is 9.71 Å². The van der Waals surface area contributed by atoms with Crippen molar-refractivity contribution in [2.24, 2.45) is 0 Å². The molecule has 0 aliphatic heterocycles. The number of carbonyl (C=O) groups is 1. The molecule has 0 saturated heterocycles. The molecule has 7 nitrogen and oxygen atoms in total. The van der Waals surface area contributed by atoms with E-state index in [1.54, 1.807) is 13.8 Å². The highest BCUT2D eigenvalue weighted by Gasteiger charge is 2.41. The van der Waals surface area contributed by atoms with Gasteiger partial charge in [-0.2, -0.15) is 0 Å². The SMILES string of the molecule is CCOC(=O)c1ncc2c(F)cc(S(=O)(=O)NC3(C)CC3)cn12. The fourth-order valence-electron chi connectivity index (χ4n) is 2.20. The highest BCUT2D eigenvalue weighted by molar-refractivity contribution is 7.89. The fraction of sp³-hybridized carbons (Fsp3) is 0.429. The molecule has 1 aliphatic carbocycles. The van der Waals surface area contributed by atoms with Crippen LogP contribution in [0.1, 0.15) is 37.3 Å². The van der Waals surface area contributed by atoms with E-state index in [0.29, 0.717) is 0 Å². The summed E-state index contributed by atoms with van der Waals surface area (Å²) in [6.07, 6.45) is 3.80. The van der Waals surface area contributed by atoms with Crippen LogP contribution in [0.4, 0.5) is 4.39 Å². The number of sulfonamides is 1. The number of hydrogen-bond acceptors (Lipinski definition) is 5. The van der Waals surface area contributed by atoms with Crippen molar-refractivity contribution in [1.29, 1.82) is 0 Å². The second kappa shape index (κ2) is 5.27. The molecule has 2 aromatic heterocycles. The summed E-state index contributed by atoms with van der Waals surface area (Å²) in [4.78, 5) is 15.4. The molecule has 0 amide bonds. The lowest BCUT2D eigenvalue weighted by atomic mass is 10.4. The number of pyridine rings is 1. The molecule has 0 aromatic carbocycles. The number of imidazole rings is 1. The molecule has 23 heavy (non-hydrogen) atoms. The van der Waals surface area contributed by atoms with Crippen molar-refractivity contribution in [3.8, 4) is 0 Å². The predicted molar refractivity (Wildman–Crippen MR) is 79.1 cm³/mol. The van der Waals surface area contributed by atoms with Gasteiger partial charge >= 0.3 is 5.97 Å². The van der Waals surface area contributed by atoms with E-state index in [-0.39, 0.29) is 22.8 Å². The van der Waals surface area contributed by atoms with Crippen molar-refractivity contribution in [2.45, 2.75) is 37.1 Å². The van der Waals surface area contributed by atoms with Crippen LogP contribution in [0.25, 0.3) is 5.52 Å². The summed E-state index contributed by atoms with van der Waals surface area (Å²) < 4.78 is 47.4. The molecule has 124 valence electrons. The molecule has 0 atom stereocenters. The minimum atomic E-state index is -3.89. The van der Waals surface area contributed by atoms with Crippen LogP contribution in [-0.2, 0) is 14.8 Å².